The van der Waals surface area contributed by atoms with Gasteiger partial charge in [0.15, 0.2) is 0 Å². The van der Waals surface area contributed by atoms with Gasteiger partial charge in [-0.3, -0.25) is 4.79 Å². The van der Waals surface area contributed by atoms with Gasteiger partial charge in [-0.15, -0.1) is 0 Å². The molecule has 0 spiro atoms. The van der Waals surface area contributed by atoms with Gasteiger partial charge in [-0.25, -0.2) is 0 Å². The smallest absolute Gasteiger partial charge is 0.251 e. The topological polar surface area (TPSA) is 29.1 Å². The first-order valence-electron chi connectivity index (χ1n) is 5.68. The first-order valence-corrected chi connectivity index (χ1v) is 6.85. The predicted molar refractivity (Wildman–Crippen MR) is 73.4 cm³/mol. The van der Waals surface area contributed by atoms with Crippen molar-refractivity contribution in [1.29, 1.82) is 0 Å². The van der Waals surface area contributed by atoms with E-state index in [1.54, 1.807) is 18.2 Å². The van der Waals surface area contributed by atoms with Gasteiger partial charge >= 0.3 is 0 Å². The molecule has 17 heavy (non-hydrogen) atoms. The lowest BCUT2D eigenvalue weighted by Crippen LogP contribution is -2.45. The number of carbonyl (C=O) groups is 1. The first-order chi connectivity index (χ1) is 7.90. The van der Waals surface area contributed by atoms with E-state index in [2.05, 4.69) is 35.1 Å². The van der Waals surface area contributed by atoms with Crippen LogP contribution in [0.15, 0.2) is 22.7 Å². The highest BCUT2D eigenvalue weighted by atomic mass is 79.9. The van der Waals surface area contributed by atoms with Gasteiger partial charge in [0.25, 0.3) is 5.91 Å². The Balaban J connectivity index is 2.11. The van der Waals surface area contributed by atoms with Gasteiger partial charge in [0.2, 0.25) is 0 Å². The van der Waals surface area contributed by atoms with Crippen molar-refractivity contribution in [1.82, 2.24) is 5.32 Å². The molecule has 1 aliphatic rings. The zero-order valence-corrected chi connectivity index (χ0v) is 12.2. The number of benzene rings is 1. The standard InChI is InChI=1S/C13H15BrClNO/c1-13(2,9-4-5-9)16-12(17)8-3-6-11(15)10(14)7-8/h3,6-7,9H,4-5H2,1-2H3,(H,16,17). The van der Waals surface area contributed by atoms with Gasteiger partial charge < -0.3 is 5.32 Å². The highest BCUT2D eigenvalue weighted by Gasteiger charge is 2.38. The SMILES string of the molecule is CC(C)(NC(=O)c1ccc(Cl)c(Br)c1)C1CC1. The van der Waals surface area contributed by atoms with Crippen LogP contribution < -0.4 is 5.32 Å². The Kier molecular flexibility index (Phi) is 3.50. The Hall–Kier alpha value is -0.540. The largest absolute Gasteiger partial charge is 0.347 e. The van der Waals surface area contributed by atoms with Gasteiger partial charge in [0, 0.05) is 15.6 Å². The summed E-state index contributed by atoms with van der Waals surface area (Å²) in [5.41, 5.74) is 0.512. The van der Waals surface area contributed by atoms with Crippen LogP contribution in [0.25, 0.3) is 0 Å². The molecule has 0 atom stereocenters. The number of halogens is 2. The number of hydrogen-bond donors (Lipinski definition) is 1. The molecule has 1 aromatic carbocycles. The Morgan fingerprint density at radius 2 is 2.12 bits per heavy atom. The molecule has 1 saturated carbocycles. The fourth-order valence-corrected chi connectivity index (χ4v) is 2.41. The van der Waals surface area contributed by atoms with Crippen molar-refractivity contribution in [3.63, 3.8) is 0 Å². The van der Waals surface area contributed by atoms with E-state index in [0.29, 0.717) is 16.5 Å². The monoisotopic (exact) mass is 315 g/mol. The average molecular weight is 317 g/mol. The summed E-state index contributed by atoms with van der Waals surface area (Å²) in [6.07, 6.45) is 2.41. The van der Waals surface area contributed by atoms with Crippen LogP contribution in [0.4, 0.5) is 0 Å². The van der Waals surface area contributed by atoms with Crippen molar-refractivity contribution in [3.8, 4) is 0 Å². The molecule has 4 heteroatoms. The van der Waals surface area contributed by atoms with Crippen LogP contribution in [0.5, 0.6) is 0 Å². The summed E-state index contributed by atoms with van der Waals surface area (Å²) in [6.45, 7) is 4.15. The van der Waals surface area contributed by atoms with Crippen molar-refractivity contribution in [2.45, 2.75) is 32.2 Å². The minimum Gasteiger partial charge on any atom is -0.347 e. The second-order valence-electron chi connectivity index (χ2n) is 5.08. The van der Waals surface area contributed by atoms with Crippen LogP contribution >= 0.6 is 27.5 Å². The van der Waals surface area contributed by atoms with Gasteiger partial charge in [-0.2, -0.15) is 0 Å². The van der Waals surface area contributed by atoms with E-state index in [4.69, 9.17) is 11.6 Å². The molecule has 2 rings (SSSR count). The number of amides is 1. The highest BCUT2D eigenvalue weighted by Crippen LogP contribution is 2.39. The molecule has 92 valence electrons. The molecular formula is C13H15BrClNO. The van der Waals surface area contributed by atoms with E-state index in [9.17, 15) is 4.79 Å². The van der Waals surface area contributed by atoms with Crippen LogP contribution in [0, 0.1) is 5.92 Å². The first kappa shape index (κ1) is 12.9. The van der Waals surface area contributed by atoms with Crippen LogP contribution in [-0.2, 0) is 0 Å². The lowest BCUT2D eigenvalue weighted by atomic mass is 9.98. The molecule has 0 unspecified atom stereocenters. The van der Waals surface area contributed by atoms with E-state index in [1.165, 1.54) is 12.8 Å². The van der Waals surface area contributed by atoms with Crippen LogP contribution in [-0.4, -0.2) is 11.4 Å². The molecule has 1 aliphatic carbocycles. The molecule has 0 aliphatic heterocycles. The van der Waals surface area contributed by atoms with Gasteiger partial charge in [0.05, 0.1) is 5.02 Å². The summed E-state index contributed by atoms with van der Waals surface area (Å²) < 4.78 is 0.746. The number of rotatable bonds is 3. The molecule has 1 fully saturated rings. The molecule has 1 N–H and O–H groups in total. The summed E-state index contributed by atoms with van der Waals surface area (Å²) in [5, 5.41) is 3.69. The Morgan fingerprint density at radius 1 is 1.47 bits per heavy atom. The van der Waals surface area contributed by atoms with Gasteiger partial charge in [0.1, 0.15) is 0 Å². The Morgan fingerprint density at radius 3 is 2.65 bits per heavy atom. The molecule has 0 saturated heterocycles. The van der Waals surface area contributed by atoms with E-state index in [1.807, 2.05) is 0 Å². The lowest BCUT2D eigenvalue weighted by molar-refractivity contribution is 0.0903. The molecule has 1 aromatic rings. The molecule has 0 heterocycles. The second kappa shape index (κ2) is 4.62. The molecule has 0 radical (unpaired) electrons. The molecule has 1 amide bonds. The number of carbonyl (C=O) groups excluding carboxylic acids is 1. The Bertz CT molecular complexity index is 455. The fourth-order valence-electron chi connectivity index (χ4n) is 1.91. The highest BCUT2D eigenvalue weighted by molar-refractivity contribution is 9.10. The quantitative estimate of drug-likeness (QED) is 0.896. The predicted octanol–water partition coefficient (Wildman–Crippen LogP) is 4.02. The van der Waals surface area contributed by atoms with E-state index >= 15 is 0 Å². The summed E-state index contributed by atoms with van der Waals surface area (Å²) in [4.78, 5) is 12.1. The summed E-state index contributed by atoms with van der Waals surface area (Å²) in [6, 6.07) is 5.22. The minimum absolute atomic E-state index is 0.0423. The maximum Gasteiger partial charge on any atom is 0.251 e. The van der Waals surface area contributed by atoms with E-state index < -0.39 is 0 Å². The van der Waals surface area contributed by atoms with Crippen molar-refractivity contribution < 1.29 is 4.79 Å². The average Bonchev–Trinajstić information content (AvgIpc) is 3.04. The fraction of sp³-hybridized carbons (Fsp3) is 0.462. The van der Waals surface area contributed by atoms with Crippen molar-refractivity contribution in [2.24, 2.45) is 5.92 Å². The molecular weight excluding hydrogens is 302 g/mol. The van der Waals surface area contributed by atoms with Gasteiger partial charge in [-0.05, 0) is 66.7 Å². The molecule has 2 nitrogen and oxygen atoms in total. The van der Waals surface area contributed by atoms with Crippen LogP contribution in [0.3, 0.4) is 0 Å². The number of hydrogen-bond acceptors (Lipinski definition) is 1. The van der Waals surface area contributed by atoms with Crippen LogP contribution in [0.1, 0.15) is 37.0 Å². The van der Waals surface area contributed by atoms with Crippen LogP contribution in [0.2, 0.25) is 5.02 Å². The summed E-state index contributed by atoms with van der Waals surface area (Å²) in [5.74, 6) is 0.571. The maximum absolute atomic E-state index is 12.1. The third-order valence-corrected chi connectivity index (χ3v) is 4.43. The minimum atomic E-state index is -0.122. The zero-order valence-electron chi connectivity index (χ0n) is 9.89. The normalized spacial score (nSPS) is 15.8. The third-order valence-electron chi connectivity index (χ3n) is 3.22. The Labute approximate surface area is 115 Å². The van der Waals surface area contributed by atoms with Crippen molar-refractivity contribution in [2.75, 3.05) is 0 Å². The van der Waals surface area contributed by atoms with Crippen molar-refractivity contribution >= 4 is 33.4 Å². The molecule has 0 bridgehead atoms. The van der Waals surface area contributed by atoms with E-state index in [0.717, 1.165) is 4.47 Å². The summed E-state index contributed by atoms with van der Waals surface area (Å²) in [7, 11) is 0. The lowest BCUT2D eigenvalue weighted by Gasteiger charge is -2.26. The molecule has 0 aromatic heterocycles. The maximum atomic E-state index is 12.1. The number of nitrogens with one attached hydrogen (secondary N) is 1. The summed E-state index contributed by atoms with van der Waals surface area (Å²) >= 11 is 9.22. The second-order valence-corrected chi connectivity index (χ2v) is 6.34. The van der Waals surface area contributed by atoms with Gasteiger partial charge in [-0.1, -0.05) is 11.6 Å². The van der Waals surface area contributed by atoms with E-state index in [-0.39, 0.29) is 11.4 Å². The third kappa shape index (κ3) is 3.02. The zero-order chi connectivity index (χ0) is 12.6. The van der Waals surface area contributed by atoms with Crippen molar-refractivity contribution in [3.05, 3.63) is 33.3 Å².